The lowest BCUT2D eigenvalue weighted by molar-refractivity contribution is -0.132. The van der Waals surface area contributed by atoms with E-state index in [1.54, 1.807) is 0 Å². The van der Waals surface area contributed by atoms with Crippen LogP contribution in [0.4, 0.5) is 0 Å². The molecule has 4 fully saturated rings. The molecule has 3 amide bonds. The van der Waals surface area contributed by atoms with Crippen LogP contribution in [0.15, 0.2) is 6.07 Å². The molecule has 1 unspecified atom stereocenters. The lowest BCUT2D eigenvalue weighted by Crippen LogP contribution is -2.49. The van der Waals surface area contributed by atoms with Crippen molar-refractivity contribution in [1.82, 2.24) is 16.2 Å². The number of fused-ring (bicyclic) bond motifs is 1. The quantitative estimate of drug-likeness (QED) is 0.610. The summed E-state index contributed by atoms with van der Waals surface area (Å²) in [6.45, 7) is 2.13. The molecule has 1 atom stereocenters. The van der Waals surface area contributed by atoms with Gasteiger partial charge in [-0.2, -0.15) is 0 Å². The molecule has 7 heteroatoms. The van der Waals surface area contributed by atoms with Crippen molar-refractivity contribution >= 4 is 29.1 Å². The van der Waals surface area contributed by atoms with Gasteiger partial charge in [-0.15, -0.1) is 11.3 Å². The molecule has 0 radical (unpaired) electrons. The molecule has 4 bridgehead atoms. The first-order valence-corrected chi connectivity index (χ1v) is 12.7. The lowest BCUT2D eigenvalue weighted by Gasteiger charge is -2.56. The fourth-order valence-corrected chi connectivity index (χ4v) is 8.24. The van der Waals surface area contributed by atoms with Gasteiger partial charge in [0.05, 0.1) is 11.4 Å². The molecular weight excluding hydrogens is 410 g/mol. The zero-order chi connectivity index (χ0) is 21.6. The molecule has 0 saturated heterocycles. The highest BCUT2D eigenvalue weighted by molar-refractivity contribution is 7.14. The summed E-state index contributed by atoms with van der Waals surface area (Å²) in [5.74, 6) is 2.35. The molecule has 1 heterocycles. The van der Waals surface area contributed by atoms with Gasteiger partial charge in [0, 0.05) is 11.3 Å². The van der Waals surface area contributed by atoms with Gasteiger partial charge in [0.2, 0.25) is 5.91 Å². The van der Waals surface area contributed by atoms with Crippen molar-refractivity contribution in [2.45, 2.75) is 71.1 Å². The maximum absolute atomic E-state index is 12.6. The third-order valence-corrected chi connectivity index (χ3v) is 9.25. The van der Waals surface area contributed by atoms with Crippen LogP contribution in [0.5, 0.6) is 0 Å². The zero-order valence-corrected chi connectivity index (χ0v) is 19.1. The second-order valence-electron chi connectivity index (χ2n) is 10.8. The van der Waals surface area contributed by atoms with E-state index in [2.05, 4.69) is 23.1 Å². The second kappa shape index (κ2) is 8.23. The maximum Gasteiger partial charge on any atom is 0.279 e. The van der Waals surface area contributed by atoms with Crippen LogP contribution in [0.1, 0.15) is 78.4 Å². The molecule has 0 aromatic carbocycles. The van der Waals surface area contributed by atoms with Crippen molar-refractivity contribution in [2.75, 3.05) is 6.54 Å². The Hall–Kier alpha value is -1.89. The Bertz CT molecular complexity index is 857. The Balaban J connectivity index is 1.06. The molecule has 4 saturated carbocycles. The Kier molecular flexibility index (Phi) is 5.57. The highest BCUT2D eigenvalue weighted by Crippen LogP contribution is 2.61. The van der Waals surface area contributed by atoms with Gasteiger partial charge in [-0.05, 0) is 98.5 Å². The van der Waals surface area contributed by atoms with Gasteiger partial charge >= 0.3 is 0 Å². The van der Waals surface area contributed by atoms with Crippen LogP contribution >= 0.6 is 11.3 Å². The summed E-state index contributed by atoms with van der Waals surface area (Å²) in [6.07, 6.45) is 11.3. The average Bonchev–Trinajstić information content (AvgIpc) is 3.12. The Morgan fingerprint density at radius 2 is 1.71 bits per heavy atom. The standard InChI is InChI=1S/C24H33N3O3S/c1-14-2-3-19-18(4-14)8-20(31-19)23(30)27-26-22(29)13-25-21(28)12-24-9-15-5-16(10-24)7-17(6-15)11-24/h8,14-17H,2-7,9-13H2,1H3,(H,25,28)(H,26,29)(H,27,30). The van der Waals surface area contributed by atoms with E-state index < -0.39 is 5.91 Å². The van der Waals surface area contributed by atoms with Crippen molar-refractivity contribution in [3.8, 4) is 0 Å². The number of aryl methyl sites for hydroxylation is 1. The molecule has 6 nitrogen and oxygen atoms in total. The van der Waals surface area contributed by atoms with Gasteiger partial charge in [0.25, 0.3) is 11.8 Å². The van der Waals surface area contributed by atoms with E-state index in [4.69, 9.17) is 0 Å². The minimum absolute atomic E-state index is 0.0384. The van der Waals surface area contributed by atoms with E-state index in [-0.39, 0.29) is 23.8 Å². The number of hydrazine groups is 1. The molecule has 31 heavy (non-hydrogen) atoms. The first kappa shape index (κ1) is 21.0. The molecule has 168 valence electrons. The van der Waals surface area contributed by atoms with Crippen LogP contribution < -0.4 is 16.2 Å². The van der Waals surface area contributed by atoms with Crippen molar-refractivity contribution in [2.24, 2.45) is 29.1 Å². The minimum atomic E-state index is -0.401. The largest absolute Gasteiger partial charge is 0.347 e. The van der Waals surface area contributed by atoms with Crippen LogP contribution in [0.3, 0.4) is 0 Å². The Morgan fingerprint density at radius 1 is 1.03 bits per heavy atom. The first-order chi connectivity index (χ1) is 14.9. The number of hydrogen-bond acceptors (Lipinski definition) is 4. The van der Waals surface area contributed by atoms with E-state index in [9.17, 15) is 14.4 Å². The third-order valence-electron chi connectivity index (χ3n) is 8.02. The second-order valence-corrected chi connectivity index (χ2v) is 11.9. The molecule has 0 spiro atoms. The molecule has 5 aliphatic carbocycles. The van der Waals surface area contributed by atoms with Crippen molar-refractivity contribution < 1.29 is 14.4 Å². The fraction of sp³-hybridized carbons (Fsp3) is 0.708. The number of rotatable bonds is 5. The summed E-state index contributed by atoms with van der Waals surface area (Å²) in [4.78, 5) is 39.0. The molecular formula is C24H33N3O3S. The predicted molar refractivity (Wildman–Crippen MR) is 119 cm³/mol. The highest BCUT2D eigenvalue weighted by atomic mass is 32.1. The number of nitrogens with one attached hydrogen (secondary N) is 3. The summed E-state index contributed by atoms with van der Waals surface area (Å²) in [5, 5.41) is 2.77. The van der Waals surface area contributed by atoms with Gasteiger partial charge in [-0.1, -0.05) is 6.92 Å². The normalized spacial score (nSPS) is 32.9. The summed E-state index contributed by atoms with van der Waals surface area (Å²) < 4.78 is 0. The minimum Gasteiger partial charge on any atom is -0.347 e. The summed E-state index contributed by atoms with van der Waals surface area (Å²) in [7, 11) is 0. The molecule has 1 aromatic rings. The van der Waals surface area contributed by atoms with Gasteiger partial charge in [-0.25, -0.2) is 0 Å². The van der Waals surface area contributed by atoms with Crippen LogP contribution in [0.2, 0.25) is 0 Å². The van der Waals surface area contributed by atoms with Crippen LogP contribution in [-0.4, -0.2) is 24.3 Å². The van der Waals surface area contributed by atoms with Crippen molar-refractivity contribution in [3.63, 3.8) is 0 Å². The average molecular weight is 444 g/mol. The first-order valence-electron chi connectivity index (χ1n) is 11.8. The van der Waals surface area contributed by atoms with Crippen molar-refractivity contribution in [3.05, 3.63) is 21.4 Å². The number of hydrogen-bond donors (Lipinski definition) is 3. The molecule has 0 aliphatic heterocycles. The van der Waals surface area contributed by atoms with E-state index >= 15 is 0 Å². The smallest absolute Gasteiger partial charge is 0.279 e. The number of thiophene rings is 1. The summed E-state index contributed by atoms with van der Waals surface area (Å²) in [6, 6.07) is 1.95. The van der Waals surface area contributed by atoms with E-state index in [1.165, 1.54) is 60.3 Å². The van der Waals surface area contributed by atoms with Gasteiger partial charge in [-0.3, -0.25) is 25.2 Å². The van der Waals surface area contributed by atoms with E-state index in [0.29, 0.717) is 17.2 Å². The number of carbonyl (C=O) groups excluding carboxylic acids is 3. The fourth-order valence-electron chi connectivity index (χ4n) is 7.14. The lowest BCUT2D eigenvalue weighted by atomic mass is 9.49. The number of carbonyl (C=O) groups is 3. The van der Waals surface area contributed by atoms with E-state index in [1.807, 2.05) is 6.07 Å². The Morgan fingerprint density at radius 3 is 2.39 bits per heavy atom. The van der Waals surface area contributed by atoms with Crippen LogP contribution in [0, 0.1) is 29.1 Å². The zero-order valence-electron chi connectivity index (χ0n) is 18.3. The summed E-state index contributed by atoms with van der Waals surface area (Å²) >= 11 is 1.51. The highest BCUT2D eigenvalue weighted by Gasteiger charge is 2.51. The summed E-state index contributed by atoms with van der Waals surface area (Å²) in [5.41, 5.74) is 6.36. The molecule has 5 aliphatic rings. The Labute approximate surface area is 187 Å². The molecule has 3 N–H and O–H groups in total. The molecule has 6 rings (SSSR count). The predicted octanol–water partition coefficient (Wildman–Crippen LogP) is 3.36. The van der Waals surface area contributed by atoms with E-state index in [0.717, 1.165) is 37.0 Å². The third kappa shape index (κ3) is 4.52. The van der Waals surface area contributed by atoms with Gasteiger partial charge in [0.15, 0.2) is 0 Å². The maximum atomic E-state index is 12.6. The topological polar surface area (TPSA) is 87.3 Å². The van der Waals surface area contributed by atoms with Gasteiger partial charge in [0.1, 0.15) is 0 Å². The monoisotopic (exact) mass is 443 g/mol. The number of amides is 3. The van der Waals surface area contributed by atoms with Crippen LogP contribution in [0.25, 0.3) is 0 Å². The SMILES string of the molecule is CC1CCc2sc(C(=O)NNC(=O)CNC(=O)CC34CC5CC(CC(C5)C3)C4)cc2C1. The van der Waals surface area contributed by atoms with Gasteiger partial charge < -0.3 is 5.32 Å². The molecule has 1 aromatic heterocycles. The van der Waals surface area contributed by atoms with Crippen LogP contribution in [-0.2, 0) is 22.4 Å². The van der Waals surface area contributed by atoms with Crippen molar-refractivity contribution in [1.29, 1.82) is 0 Å².